The second-order valence-corrected chi connectivity index (χ2v) is 21.1. The molecule has 2 fully saturated rings. The van der Waals surface area contributed by atoms with Gasteiger partial charge in [0.2, 0.25) is 5.91 Å². The summed E-state index contributed by atoms with van der Waals surface area (Å²) in [6.45, 7) is 2.60. The second kappa shape index (κ2) is 50.6. The van der Waals surface area contributed by atoms with E-state index in [-0.39, 0.29) is 18.9 Å². The predicted molar refractivity (Wildman–Crippen MR) is 327 cm³/mol. The zero-order valence-corrected chi connectivity index (χ0v) is 49.5. The van der Waals surface area contributed by atoms with Crippen LogP contribution in [0.2, 0.25) is 0 Å². The number of hydrogen-bond acceptors (Lipinski definition) is 13. The van der Waals surface area contributed by atoms with Crippen LogP contribution in [0.4, 0.5) is 0 Å². The monoisotopic (exact) mass is 1140 g/mol. The van der Waals surface area contributed by atoms with Gasteiger partial charge in [-0.25, -0.2) is 0 Å². The lowest BCUT2D eigenvalue weighted by Crippen LogP contribution is -2.65. The Hall–Kier alpha value is -3.87. The molecular weight excluding hydrogens is 1030 g/mol. The summed E-state index contributed by atoms with van der Waals surface area (Å²) in [5.41, 5.74) is 0. The minimum atomic E-state index is -1.80. The van der Waals surface area contributed by atoms with Gasteiger partial charge in [0.25, 0.3) is 0 Å². The molecule has 0 spiro atoms. The molecule has 2 aliphatic heterocycles. The van der Waals surface area contributed by atoms with E-state index in [1.54, 1.807) is 6.08 Å². The van der Waals surface area contributed by atoms with Crippen LogP contribution in [0.3, 0.4) is 0 Å². The van der Waals surface area contributed by atoms with E-state index in [0.717, 1.165) is 109 Å². The van der Waals surface area contributed by atoms with Gasteiger partial charge in [0.1, 0.15) is 48.8 Å². The SMILES string of the molecule is CC/C=C\C/C=C\C/C=C\C/C=C\C/C=C\C/C=C\C/C=C\C/C=C\CCCCCCCCCCC(=O)NC(COC1OC(CO)C(OC2OC(CO)C(O)C(O)C2O)C(O)C1O)C(O)/C=C/CC/C=C/CC/C=C/CCCCCC. The van der Waals surface area contributed by atoms with E-state index in [4.69, 9.17) is 18.9 Å². The lowest BCUT2D eigenvalue weighted by molar-refractivity contribution is -0.359. The van der Waals surface area contributed by atoms with Crippen LogP contribution in [0.5, 0.6) is 0 Å². The van der Waals surface area contributed by atoms with E-state index in [9.17, 15) is 45.6 Å². The van der Waals surface area contributed by atoms with Crippen LogP contribution < -0.4 is 5.32 Å². The van der Waals surface area contributed by atoms with Crippen molar-refractivity contribution in [2.24, 2.45) is 0 Å². The van der Waals surface area contributed by atoms with E-state index in [1.807, 2.05) is 6.08 Å². The fourth-order valence-electron chi connectivity index (χ4n) is 9.10. The topological polar surface area (TPSA) is 228 Å². The van der Waals surface area contributed by atoms with Crippen LogP contribution in [-0.4, -0.2) is 140 Å². The molecule has 81 heavy (non-hydrogen) atoms. The van der Waals surface area contributed by atoms with Crippen LogP contribution in [-0.2, 0) is 23.7 Å². The molecule has 12 unspecified atom stereocenters. The quantitative estimate of drug-likeness (QED) is 0.0204. The minimum absolute atomic E-state index is 0.251. The molecule has 2 rings (SSSR count). The van der Waals surface area contributed by atoms with Gasteiger partial charge >= 0.3 is 0 Å². The fraction of sp³-hybridized carbons (Fsp3) is 0.657. The number of hydrogen-bond donors (Lipinski definition) is 9. The summed E-state index contributed by atoms with van der Waals surface area (Å²) in [7, 11) is 0. The van der Waals surface area contributed by atoms with Crippen molar-refractivity contribution in [2.45, 2.75) is 261 Å². The third kappa shape index (κ3) is 35.8. The Kier molecular flexibility index (Phi) is 45.8. The molecule has 0 saturated carbocycles. The van der Waals surface area contributed by atoms with Gasteiger partial charge in [-0.3, -0.25) is 4.79 Å². The molecule has 0 aromatic carbocycles. The Balaban J connectivity index is 1.71. The molecule has 0 aliphatic carbocycles. The Bertz CT molecular complexity index is 1870. The van der Waals surface area contributed by atoms with Crippen molar-refractivity contribution < 1.29 is 64.6 Å². The maximum Gasteiger partial charge on any atom is 0.220 e. The highest BCUT2D eigenvalue weighted by Gasteiger charge is 2.51. The third-order valence-electron chi connectivity index (χ3n) is 14.0. The van der Waals surface area contributed by atoms with Crippen molar-refractivity contribution in [3.63, 3.8) is 0 Å². The number of ether oxygens (including phenoxy) is 4. The maximum absolute atomic E-state index is 13.3. The summed E-state index contributed by atoms with van der Waals surface area (Å²) in [4.78, 5) is 13.3. The molecule has 1 amide bonds. The van der Waals surface area contributed by atoms with Crippen molar-refractivity contribution in [3.05, 3.63) is 134 Å². The Labute approximate surface area is 488 Å². The molecule has 9 N–H and O–H groups in total. The van der Waals surface area contributed by atoms with E-state index >= 15 is 0 Å². The maximum atomic E-state index is 13.3. The molecule has 12 atom stereocenters. The first-order chi connectivity index (χ1) is 39.6. The molecule has 2 heterocycles. The van der Waals surface area contributed by atoms with Crippen molar-refractivity contribution in [1.82, 2.24) is 5.32 Å². The Morgan fingerprint density at radius 2 is 0.864 bits per heavy atom. The number of aliphatic hydroxyl groups excluding tert-OH is 8. The first kappa shape index (κ1) is 73.2. The number of unbranched alkanes of at least 4 members (excludes halogenated alkanes) is 14. The number of carbonyl (C=O) groups excluding carboxylic acids is 1. The summed E-state index contributed by atoms with van der Waals surface area (Å²) in [5, 5.41) is 87.0. The Morgan fingerprint density at radius 1 is 0.457 bits per heavy atom. The minimum Gasteiger partial charge on any atom is -0.394 e. The lowest BCUT2D eigenvalue weighted by atomic mass is 9.97. The van der Waals surface area contributed by atoms with Crippen LogP contribution in [0.1, 0.15) is 187 Å². The normalized spacial score (nSPS) is 25.1. The van der Waals surface area contributed by atoms with Crippen molar-refractivity contribution in [3.8, 4) is 0 Å². The third-order valence-corrected chi connectivity index (χ3v) is 14.0. The molecule has 0 bridgehead atoms. The van der Waals surface area contributed by atoms with Gasteiger partial charge in [0.05, 0.1) is 32.0 Å². The van der Waals surface area contributed by atoms with Crippen molar-refractivity contribution in [1.29, 1.82) is 0 Å². The Morgan fingerprint density at radius 3 is 1.36 bits per heavy atom. The van der Waals surface area contributed by atoms with Crippen LogP contribution in [0, 0.1) is 0 Å². The number of amides is 1. The van der Waals surface area contributed by atoms with Gasteiger partial charge in [0, 0.05) is 6.42 Å². The standard InChI is InChI=1S/C67H109NO13/c1-3-5-7-9-11-13-15-17-19-20-21-22-23-24-25-26-27-28-29-30-31-32-33-34-35-36-37-39-41-43-45-47-49-51-59(72)68-55(56(71)50-48-46-44-42-40-38-18-16-14-12-10-8-6-4-2)54-78-66-64(77)62(75)65(58(53-70)80-66)81-67-63(76)61(74)60(73)57(52-69)79-67/h5,7,11,13-14,16-17,19,21-22,24-25,27-28,30-31,33-34,40,42,48,50,55-58,60-67,69-71,73-77H,3-4,6,8-10,12,15,18,20,23,26,29,32,35-39,41,43-47,49,51-54H2,1-2H3,(H,68,72)/b7-5-,13-11-,16-14+,19-17-,22-21-,25-24-,28-27-,31-30-,34-33-,42-40+,50-48+. The average Bonchev–Trinajstić information content (AvgIpc) is 3.47. The molecule has 0 radical (unpaired) electrons. The average molecular weight is 1140 g/mol. The van der Waals surface area contributed by atoms with E-state index < -0.39 is 86.8 Å². The molecular formula is C67H109NO13. The highest BCUT2D eigenvalue weighted by Crippen LogP contribution is 2.30. The van der Waals surface area contributed by atoms with Gasteiger partial charge in [0.15, 0.2) is 12.6 Å². The number of rotatable bonds is 47. The molecule has 14 nitrogen and oxygen atoms in total. The highest BCUT2D eigenvalue weighted by molar-refractivity contribution is 5.76. The first-order valence-corrected chi connectivity index (χ1v) is 30.9. The molecule has 0 aromatic rings. The van der Waals surface area contributed by atoms with Gasteiger partial charge in [-0.2, -0.15) is 0 Å². The molecule has 2 aliphatic rings. The number of allylic oxidation sites excluding steroid dienone is 21. The molecule has 2 saturated heterocycles. The zero-order chi connectivity index (χ0) is 58.8. The summed E-state index contributed by atoms with van der Waals surface area (Å²) < 4.78 is 22.7. The van der Waals surface area contributed by atoms with Crippen molar-refractivity contribution in [2.75, 3.05) is 19.8 Å². The van der Waals surface area contributed by atoms with Crippen LogP contribution >= 0.6 is 0 Å². The van der Waals surface area contributed by atoms with E-state index in [2.05, 4.69) is 141 Å². The summed E-state index contributed by atoms with van der Waals surface area (Å²) in [5.74, 6) is -0.270. The van der Waals surface area contributed by atoms with Crippen LogP contribution in [0.15, 0.2) is 134 Å². The van der Waals surface area contributed by atoms with Gasteiger partial charge in [-0.15, -0.1) is 0 Å². The van der Waals surface area contributed by atoms with Gasteiger partial charge < -0.3 is 65.1 Å². The van der Waals surface area contributed by atoms with Gasteiger partial charge in [-0.1, -0.05) is 205 Å². The largest absolute Gasteiger partial charge is 0.394 e. The second-order valence-electron chi connectivity index (χ2n) is 21.1. The zero-order valence-electron chi connectivity index (χ0n) is 49.5. The fourth-order valence-corrected chi connectivity index (χ4v) is 9.10. The number of nitrogens with one attached hydrogen (secondary N) is 1. The summed E-state index contributed by atoms with van der Waals surface area (Å²) in [6, 6.07) is -0.952. The lowest BCUT2D eigenvalue weighted by Gasteiger charge is -2.46. The van der Waals surface area contributed by atoms with Crippen molar-refractivity contribution >= 4 is 5.91 Å². The molecule has 460 valence electrons. The van der Waals surface area contributed by atoms with E-state index in [0.29, 0.717) is 12.8 Å². The van der Waals surface area contributed by atoms with Crippen LogP contribution in [0.25, 0.3) is 0 Å². The smallest absolute Gasteiger partial charge is 0.220 e. The number of aliphatic hydroxyl groups is 8. The predicted octanol–water partition coefficient (Wildman–Crippen LogP) is 11.2. The molecule has 0 aromatic heterocycles. The summed E-state index contributed by atoms with van der Waals surface area (Å²) >= 11 is 0. The number of carbonyl (C=O) groups is 1. The van der Waals surface area contributed by atoms with E-state index in [1.165, 1.54) is 44.9 Å². The highest BCUT2D eigenvalue weighted by atomic mass is 16.7. The van der Waals surface area contributed by atoms with Gasteiger partial charge in [-0.05, 0) is 109 Å². The first-order valence-electron chi connectivity index (χ1n) is 30.9. The molecule has 14 heteroatoms. The summed E-state index contributed by atoms with van der Waals surface area (Å²) in [6.07, 6.45) is 57.8.